The Kier molecular flexibility index (Phi) is 7.25. The van der Waals surface area contributed by atoms with Crippen molar-refractivity contribution in [1.82, 2.24) is 39.3 Å². The van der Waals surface area contributed by atoms with Gasteiger partial charge in [0.15, 0.2) is 17.2 Å². The van der Waals surface area contributed by atoms with Crippen LogP contribution in [0.1, 0.15) is 55.6 Å². The highest BCUT2D eigenvalue weighted by molar-refractivity contribution is 7.59. The number of benzene rings is 1. The van der Waals surface area contributed by atoms with Crippen LogP contribution in [0.25, 0.3) is 33.8 Å². The fourth-order valence-corrected chi connectivity index (χ4v) is 4.73. The van der Waals surface area contributed by atoms with Crippen molar-refractivity contribution < 1.29 is 17.9 Å². The van der Waals surface area contributed by atoms with E-state index in [4.69, 9.17) is 9.72 Å². The fourth-order valence-electron chi connectivity index (χ4n) is 4.73. The molecule has 6 rings (SSSR count). The van der Waals surface area contributed by atoms with Gasteiger partial charge in [0.2, 0.25) is 5.88 Å². The molecular weight excluding hydrogens is 541 g/mol. The van der Waals surface area contributed by atoms with Gasteiger partial charge in [-0.1, -0.05) is 24.3 Å². The number of fused-ring (bicyclic) bond motifs is 1. The highest BCUT2D eigenvalue weighted by Crippen LogP contribution is 2.45. The molecular formula is C27H27F3N8OS. The number of imidazole rings is 1. The second-order valence-electron chi connectivity index (χ2n) is 9.51. The van der Waals surface area contributed by atoms with Gasteiger partial charge in [-0.05, 0) is 32.3 Å². The van der Waals surface area contributed by atoms with Crippen LogP contribution >= 0.6 is 13.5 Å². The Bertz CT molecular complexity index is 1660. The summed E-state index contributed by atoms with van der Waals surface area (Å²) in [4.78, 5) is 22.0. The highest BCUT2D eigenvalue weighted by atomic mass is 32.1. The highest BCUT2D eigenvalue weighted by Gasteiger charge is 2.35. The minimum atomic E-state index is -4.50. The first-order valence-corrected chi connectivity index (χ1v) is 12.6. The van der Waals surface area contributed by atoms with Crippen molar-refractivity contribution in [1.29, 1.82) is 0 Å². The van der Waals surface area contributed by atoms with Crippen molar-refractivity contribution in [2.75, 3.05) is 7.11 Å². The molecule has 1 aliphatic rings. The molecule has 5 aromatic rings. The Hall–Kier alpha value is -4.00. The lowest BCUT2D eigenvalue weighted by atomic mass is 10.1. The molecule has 0 bridgehead atoms. The summed E-state index contributed by atoms with van der Waals surface area (Å²) in [7, 11) is 1.56. The lowest BCUT2D eigenvalue weighted by molar-refractivity contribution is -0.140. The molecule has 0 N–H and O–H groups in total. The van der Waals surface area contributed by atoms with Gasteiger partial charge in [0.25, 0.3) is 0 Å². The predicted molar refractivity (Wildman–Crippen MR) is 147 cm³/mol. The molecule has 0 aliphatic heterocycles. The summed E-state index contributed by atoms with van der Waals surface area (Å²) in [6.07, 6.45) is 3.58. The van der Waals surface area contributed by atoms with Gasteiger partial charge >= 0.3 is 6.18 Å². The lowest BCUT2D eigenvalue weighted by Crippen LogP contribution is -2.10. The third kappa shape index (κ3) is 4.89. The molecule has 0 unspecified atom stereocenters. The summed E-state index contributed by atoms with van der Waals surface area (Å²) in [6.45, 7) is 4.14. The first-order chi connectivity index (χ1) is 18.8. The third-order valence-electron chi connectivity index (χ3n) is 6.98. The number of aryl methyl sites for hydroxylation is 1. The molecule has 4 heterocycles. The minimum absolute atomic E-state index is 0. The monoisotopic (exact) mass is 568 g/mol. The molecule has 1 fully saturated rings. The van der Waals surface area contributed by atoms with E-state index in [9.17, 15) is 13.2 Å². The molecule has 208 valence electrons. The number of hydrogen-bond acceptors (Lipinski definition) is 7. The molecule has 1 aromatic carbocycles. The zero-order chi connectivity index (χ0) is 27.3. The molecule has 13 heteroatoms. The summed E-state index contributed by atoms with van der Waals surface area (Å²) >= 11 is 0. The zero-order valence-corrected chi connectivity index (χ0v) is 23.0. The number of aromatic nitrogens is 8. The predicted octanol–water partition coefficient (Wildman–Crippen LogP) is 5.79. The number of rotatable bonds is 7. The van der Waals surface area contributed by atoms with E-state index in [-0.39, 0.29) is 25.4 Å². The van der Waals surface area contributed by atoms with Gasteiger partial charge in [-0.25, -0.2) is 29.6 Å². The smallest absolute Gasteiger partial charge is 0.434 e. The van der Waals surface area contributed by atoms with Crippen molar-refractivity contribution in [2.24, 2.45) is 0 Å². The van der Waals surface area contributed by atoms with Crippen LogP contribution in [-0.2, 0) is 12.7 Å². The van der Waals surface area contributed by atoms with E-state index in [2.05, 4.69) is 25.0 Å². The van der Waals surface area contributed by atoms with Crippen molar-refractivity contribution in [3.05, 3.63) is 66.1 Å². The van der Waals surface area contributed by atoms with Crippen molar-refractivity contribution >= 4 is 24.5 Å². The van der Waals surface area contributed by atoms with Crippen LogP contribution in [0.5, 0.6) is 5.88 Å². The van der Waals surface area contributed by atoms with Crippen LogP contribution in [0.2, 0.25) is 0 Å². The minimum Gasteiger partial charge on any atom is -0.480 e. The maximum Gasteiger partial charge on any atom is 0.434 e. The third-order valence-corrected chi connectivity index (χ3v) is 6.98. The van der Waals surface area contributed by atoms with Crippen LogP contribution in [-0.4, -0.2) is 46.4 Å². The van der Waals surface area contributed by atoms with Gasteiger partial charge in [-0.3, -0.25) is 0 Å². The van der Waals surface area contributed by atoms with E-state index in [1.54, 1.807) is 43.2 Å². The van der Waals surface area contributed by atoms with E-state index >= 15 is 0 Å². The van der Waals surface area contributed by atoms with Crippen LogP contribution in [0, 0.1) is 0 Å². The average molecular weight is 569 g/mol. The van der Waals surface area contributed by atoms with Crippen molar-refractivity contribution in [3.8, 4) is 28.7 Å². The van der Waals surface area contributed by atoms with Crippen LogP contribution in [0.15, 0.2) is 49.2 Å². The SMILES string of the molecule is CCn1cc(C(F)(F)F)nc1-c1ccc([C@H](C)n2ncc3cnc(-c4c(OC)ncnc4C4CC4)nc32)cc1.S. The van der Waals surface area contributed by atoms with Crippen molar-refractivity contribution in [2.45, 2.75) is 51.4 Å². The zero-order valence-electron chi connectivity index (χ0n) is 22.0. The molecule has 4 aromatic heterocycles. The molecule has 0 amide bonds. The van der Waals surface area contributed by atoms with Gasteiger partial charge in [0, 0.05) is 30.4 Å². The molecule has 1 atom stereocenters. The Balaban J connectivity index is 0.00000323. The Morgan fingerprint density at radius 2 is 1.80 bits per heavy atom. The van der Waals surface area contributed by atoms with E-state index in [0.717, 1.165) is 35.7 Å². The summed E-state index contributed by atoms with van der Waals surface area (Å²) < 4.78 is 48.5. The number of nitrogens with zero attached hydrogens (tertiary/aromatic N) is 8. The molecule has 40 heavy (non-hydrogen) atoms. The number of methoxy groups -OCH3 is 1. The second-order valence-corrected chi connectivity index (χ2v) is 9.51. The summed E-state index contributed by atoms with van der Waals surface area (Å²) in [6, 6.07) is 7.09. The standard InChI is InChI=1S/C27H25F3N8O.H2S/c1-4-37-13-20(27(28,29)30)35-24(37)18-9-5-16(6-10-18)15(2)38-25-19(12-34-38)11-31-23(36-25)21-22(17-7-8-17)32-14-33-26(21)39-3;/h5-6,9-15,17H,4,7-8H2,1-3H3;1H2/t15-;/m0./s1. The van der Waals surface area contributed by atoms with Gasteiger partial charge < -0.3 is 9.30 Å². The summed E-state index contributed by atoms with van der Waals surface area (Å²) in [5, 5.41) is 5.34. The molecule has 9 nitrogen and oxygen atoms in total. The number of hydrogen-bond donors (Lipinski definition) is 0. The Labute approximate surface area is 234 Å². The maximum atomic E-state index is 13.2. The summed E-state index contributed by atoms with van der Waals surface area (Å²) in [5.74, 6) is 1.52. The number of alkyl halides is 3. The van der Waals surface area contributed by atoms with Crippen LogP contribution in [0.3, 0.4) is 0 Å². The maximum absolute atomic E-state index is 13.2. The van der Waals surface area contributed by atoms with Gasteiger partial charge in [-0.2, -0.15) is 31.8 Å². The topological polar surface area (TPSA) is 96.4 Å². The first-order valence-electron chi connectivity index (χ1n) is 12.6. The van der Waals surface area contributed by atoms with E-state index in [1.807, 2.05) is 19.1 Å². The number of ether oxygens (including phenoxy) is 1. The quantitative estimate of drug-likeness (QED) is 0.245. The van der Waals surface area contributed by atoms with Gasteiger partial charge in [0.1, 0.15) is 17.7 Å². The summed E-state index contributed by atoms with van der Waals surface area (Å²) in [5.41, 5.74) is 2.82. The van der Waals surface area contributed by atoms with Gasteiger partial charge in [0.05, 0.1) is 30.4 Å². The fraction of sp³-hybridized carbons (Fsp3) is 0.333. The van der Waals surface area contributed by atoms with Gasteiger partial charge in [-0.15, -0.1) is 0 Å². The molecule has 0 radical (unpaired) electrons. The Morgan fingerprint density at radius 3 is 2.45 bits per heavy atom. The average Bonchev–Trinajstić information content (AvgIpc) is 3.55. The Morgan fingerprint density at radius 1 is 1.05 bits per heavy atom. The first kappa shape index (κ1) is 27.6. The molecule has 1 saturated carbocycles. The van der Waals surface area contributed by atoms with E-state index in [0.29, 0.717) is 40.9 Å². The van der Waals surface area contributed by atoms with Crippen LogP contribution < -0.4 is 4.74 Å². The van der Waals surface area contributed by atoms with E-state index in [1.165, 1.54) is 10.9 Å². The largest absolute Gasteiger partial charge is 0.480 e. The van der Waals surface area contributed by atoms with Crippen molar-refractivity contribution in [3.63, 3.8) is 0 Å². The lowest BCUT2D eigenvalue weighted by Gasteiger charge is -2.15. The molecule has 0 spiro atoms. The number of halogens is 3. The van der Waals surface area contributed by atoms with Crippen LogP contribution in [0.4, 0.5) is 13.2 Å². The normalized spacial score (nSPS) is 14.2. The molecule has 0 saturated heterocycles. The van der Waals surface area contributed by atoms with E-state index < -0.39 is 11.9 Å². The second kappa shape index (κ2) is 10.5. The molecule has 1 aliphatic carbocycles.